The Morgan fingerprint density at radius 1 is 0.944 bits per heavy atom. The van der Waals surface area contributed by atoms with E-state index in [1.54, 1.807) is 42.5 Å². The van der Waals surface area contributed by atoms with Gasteiger partial charge >= 0.3 is 11.8 Å². The number of benzene rings is 3. The second-order valence-electron chi connectivity index (χ2n) is 7.81. The van der Waals surface area contributed by atoms with Gasteiger partial charge in [-0.25, -0.2) is 9.07 Å². The van der Waals surface area contributed by atoms with Crippen molar-refractivity contribution in [1.29, 1.82) is 0 Å². The summed E-state index contributed by atoms with van der Waals surface area (Å²) in [7, 11) is 0. The lowest BCUT2D eigenvalue weighted by atomic mass is 10.2. The highest BCUT2D eigenvalue weighted by molar-refractivity contribution is 6.38. The SMILES string of the molecule is O=C(NCc1ccc2c(c1)OCO2)C(=O)Nn1c(C(=O)Nc2ccccc2F)cc2cc(Cl)ccc21. The van der Waals surface area contributed by atoms with E-state index in [1.165, 1.54) is 24.3 Å². The molecular weight excluding hydrogens is 491 g/mol. The second kappa shape index (κ2) is 9.59. The maximum absolute atomic E-state index is 14.1. The number of hydrogen-bond donors (Lipinski definition) is 3. The van der Waals surface area contributed by atoms with Gasteiger partial charge in [0.1, 0.15) is 11.5 Å². The maximum atomic E-state index is 14.1. The largest absolute Gasteiger partial charge is 0.454 e. The van der Waals surface area contributed by atoms with Gasteiger partial charge in [-0.3, -0.25) is 19.8 Å². The first-order chi connectivity index (χ1) is 17.4. The predicted octanol–water partition coefficient (Wildman–Crippen LogP) is 3.80. The van der Waals surface area contributed by atoms with Gasteiger partial charge in [-0.05, 0) is 54.1 Å². The van der Waals surface area contributed by atoms with Crippen molar-refractivity contribution in [2.45, 2.75) is 6.54 Å². The molecule has 9 nitrogen and oxygen atoms in total. The van der Waals surface area contributed by atoms with Crippen LogP contribution < -0.4 is 25.5 Å². The van der Waals surface area contributed by atoms with Crippen LogP contribution in [-0.2, 0) is 16.1 Å². The van der Waals surface area contributed by atoms with Gasteiger partial charge in [-0.1, -0.05) is 29.8 Å². The van der Waals surface area contributed by atoms with Crippen LogP contribution in [-0.4, -0.2) is 29.2 Å². The summed E-state index contributed by atoms with van der Waals surface area (Å²) in [6, 6.07) is 17.0. The molecule has 0 atom stereocenters. The van der Waals surface area contributed by atoms with Crippen molar-refractivity contribution in [3.8, 4) is 11.5 Å². The van der Waals surface area contributed by atoms with Crippen LogP contribution in [0.1, 0.15) is 16.1 Å². The Morgan fingerprint density at radius 3 is 2.58 bits per heavy atom. The third kappa shape index (κ3) is 4.66. The molecule has 3 aromatic carbocycles. The first-order valence-electron chi connectivity index (χ1n) is 10.7. The van der Waals surface area contributed by atoms with E-state index in [-0.39, 0.29) is 24.7 Å². The highest BCUT2D eigenvalue weighted by atomic mass is 35.5. The van der Waals surface area contributed by atoms with E-state index in [2.05, 4.69) is 16.1 Å². The Morgan fingerprint density at radius 2 is 1.75 bits per heavy atom. The summed E-state index contributed by atoms with van der Waals surface area (Å²) in [4.78, 5) is 38.2. The molecule has 0 radical (unpaired) electrons. The Labute approximate surface area is 208 Å². The van der Waals surface area contributed by atoms with Crippen LogP contribution in [0.4, 0.5) is 10.1 Å². The number of ether oxygens (including phenoxy) is 2. The third-order valence-electron chi connectivity index (χ3n) is 5.43. The number of carbonyl (C=O) groups excluding carboxylic acids is 3. The van der Waals surface area contributed by atoms with Crippen molar-refractivity contribution >= 4 is 45.9 Å². The Bertz CT molecular complexity index is 1520. The summed E-state index contributed by atoms with van der Waals surface area (Å²) in [6.07, 6.45) is 0. The summed E-state index contributed by atoms with van der Waals surface area (Å²) >= 11 is 6.07. The minimum absolute atomic E-state index is 0.0348. The van der Waals surface area contributed by atoms with Crippen LogP contribution in [0.15, 0.2) is 66.7 Å². The first-order valence-corrected chi connectivity index (χ1v) is 11.1. The second-order valence-corrected chi connectivity index (χ2v) is 8.25. The Hall–Kier alpha value is -4.57. The molecular formula is C25H18ClFN4O5. The lowest BCUT2D eigenvalue weighted by Gasteiger charge is -2.13. The van der Waals surface area contributed by atoms with Gasteiger partial charge in [0, 0.05) is 17.0 Å². The Balaban J connectivity index is 1.35. The third-order valence-corrected chi connectivity index (χ3v) is 5.66. The molecule has 1 aliphatic rings. The quantitative estimate of drug-likeness (QED) is 0.355. The number of carbonyl (C=O) groups is 3. The van der Waals surface area contributed by atoms with Gasteiger partial charge in [-0.15, -0.1) is 0 Å². The number of rotatable bonds is 5. The number of para-hydroxylation sites is 1. The molecule has 0 fully saturated rings. The number of halogens is 2. The number of amides is 3. The van der Waals surface area contributed by atoms with Gasteiger partial charge in [0.15, 0.2) is 11.5 Å². The summed E-state index contributed by atoms with van der Waals surface area (Å²) in [5.41, 5.74) is 3.48. The van der Waals surface area contributed by atoms with Crippen molar-refractivity contribution in [1.82, 2.24) is 9.99 Å². The molecule has 5 rings (SSSR count). The molecule has 1 aromatic heterocycles. The molecule has 4 aromatic rings. The highest BCUT2D eigenvalue weighted by Crippen LogP contribution is 2.32. The first kappa shape index (κ1) is 23.2. The van der Waals surface area contributed by atoms with E-state index >= 15 is 0 Å². The molecule has 182 valence electrons. The fraction of sp³-hybridized carbons (Fsp3) is 0.0800. The smallest absolute Gasteiger partial charge is 0.328 e. The lowest BCUT2D eigenvalue weighted by Crippen LogP contribution is -2.39. The normalized spacial score (nSPS) is 11.8. The molecule has 0 unspecified atom stereocenters. The highest BCUT2D eigenvalue weighted by Gasteiger charge is 2.22. The molecule has 0 aliphatic carbocycles. The van der Waals surface area contributed by atoms with Crippen LogP contribution in [0, 0.1) is 5.82 Å². The zero-order valence-corrected chi connectivity index (χ0v) is 19.3. The van der Waals surface area contributed by atoms with Crippen molar-refractivity contribution in [3.05, 3.63) is 88.8 Å². The predicted molar refractivity (Wildman–Crippen MR) is 130 cm³/mol. The van der Waals surface area contributed by atoms with Crippen LogP contribution in [0.3, 0.4) is 0 Å². The van der Waals surface area contributed by atoms with Crippen molar-refractivity contribution in [2.75, 3.05) is 17.5 Å². The molecule has 0 spiro atoms. The number of nitrogens with zero attached hydrogens (tertiary/aromatic N) is 1. The van der Waals surface area contributed by atoms with Gasteiger partial charge in [-0.2, -0.15) is 0 Å². The minimum Gasteiger partial charge on any atom is -0.454 e. The molecule has 1 aliphatic heterocycles. The number of hydrogen-bond acceptors (Lipinski definition) is 5. The van der Waals surface area contributed by atoms with Gasteiger partial charge in [0.05, 0.1) is 11.2 Å². The van der Waals surface area contributed by atoms with Gasteiger partial charge in [0.25, 0.3) is 5.91 Å². The molecule has 2 heterocycles. The van der Waals surface area contributed by atoms with Crippen molar-refractivity contribution < 1.29 is 28.2 Å². The monoisotopic (exact) mass is 508 g/mol. The van der Waals surface area contributed by atoms with E-state index in [9.17, 15) is 18.8 Å². The van der Waals surface area contributed by atoms with Crippen molar-refractivity contribution in [2.24, 2.45) is 0 Å². The summed E-state index contributed by atoms with van der Waals surface area (Å²) in [5.74, 6) is -2.11. The molecule has 11 heteroatoms. The van der Waals surface area contributed by atoms with E-state index in [0.29, 0.717) is 33.0 Å². The lowest BCUT2D eigenvalue weighted by molar-refractivity contribution is -0.136. The number of fused-ring (bicyclic) bond motifs is 2. The average molecular weight is 509 g/mol. The van der Waals surface area contributed by atoms with Crippen LogP contribution in [0.2, 0.25) is 5.02 Å². The van der Waals surface area contributed by atoms with E-state index in [1.807, 2.05) is 0 Å². The fourth-order valence-corrected chi connectivity index (χ4v) is 3.87. The topological polar surface area (TPSA) is 111 Å². The number of anilines is 1. The van der Waals surface area contributed by atoms with E-state index in [4.69, 9.17) is 21.1 Å². The zero-order chi connectivity index (χ0) is 25.2. The zero-order valence-electron chi connectivity index (χ0n) is 18.5. The molecule has 3 N–H and O–H groups in total. The number of aromatic nitrogens is 1. The van der Waals surface area contributed by atoms with E-state index in [0.717, 1.165) is 4.68 Å². The van der Waals surface area contributed by atoms with Crippen LogP contribution >= 0.6 is 11.6 Å². The van der Waals surface area contributed by atoms with Crippen LogP contribution in [0.25, 0.3) is 10.9 Å². The summed E-state index contributed by atoms with van der Waals surface area (Å²) in [5, 5.41) is 5.93. The maximum Gasteiger partial charge on any atom is 0.328 e. The summed E-state index contributed by atoms with van der Waals surface area (Å²) in [6.45, 7) is 0.183. The molecule has 0 saturated carbocycles. The minimum atomic E-state index is -1.01. The van der Waals surface area contributed by atoms with E-state index < -0.39 is 23.5 Å². The Kier molecular flexibility index (Phi) is 6.17. The fourth-order valence-electron chi connectivity index (χ4n) is 3.69. The van der Waals surface area contributed by atoms with Crippen molar-refractivity contribution in [3.63, 3.8) is 0 Å². The number of nitrogens with one attached hydrogen (secondary N) is 3. The summed E-state index contributed by atoms with van der Waals surface area (Å²) < 4.78 is 25.8. The molecule has 36 heavy (non-hydrogen) atoms. The molecule has 0 saturated heterocycles. The van der Waals surface area contributed by atoms with Gasteiger partial charge in [0.2, 0.25) is 6.79 Å². The van der Waals surface area contributed by atoms with Crippen LogP contribution in [0.5, 0.6) is 11.5 Å². The average Bonchev–Trinajstić information content (AvgIpc) is 3.48. The van der Waals surface area contributed by atoms with Gasteiger partial charge < -0.3 is 20.1 Å². The molecule has 0 bridgehead atoms. The molecule has 3 amide bonds. The standard InChI is InChI=1S/C25H18ClFN4O5/c26-16-6-7-19-15(10-16)11-20(23(32)29-18-4-2-1-3-17(18)27)31(19)30-25(34)24(33)28-12-14-5-8-21-22(9-14)36-13-35-21/h1-11H,12-13H2,(H,28,33)(H,29,32)(H,30,34).